The van der Waals surface area contributed by atoms with E-state index in [-0.39, 0.29) is 11.5 Å². The molecule has 0 unspecified atom stereocenters. The Hall–Kier alpha value is -2.14. The zero-order valence-corrected chi connectivity index (χ0v) is 10.7. The zero-order chi connectivity index (χ0) is 14.4. The van der Waals surface area contributed by atoms with Gasteiger partial charge in [0.2, 0.25) is 0 Å². The van der Waals surface area contributed by atoms with Crippen molar-refractivity contribution < 1.29 is 18.6 Å². The van der Waals surface area contributed by atoms with Gasteiger partial charge in [-0.05, 0) is 23.8 Å². The summed E-state index contributed by atoms with van der Waals surface area (Å²) >= 11 is 0. The van der Waals surface area contributed by atoms with Gasteiger partial charge in [0, 0.05) is 18.7 Å². The number of alkyl halides is 2. The number of rotatable bonds is 6. The Morgan fingerprint density at radius 1 is 1.00 bits per heavy atom. The van der Waals surface area contributed by atoms with E-state index in [1.807, 2.05) is 12.1 Å². The first kappa shape index (κ1) is 14.3. The van der Waals surface area contributed by atoms with Crippen LogP contribution in [0.25, 0.3) is 0 Å². The molecule has 2 aromatic rings. The Bertz CT molecular complexity index is 544. The summed E-state index contributed by atoms with van der Waals surface area (Å²) in [5, 5.41) is 12.8. The van der Waals surface area contributed by atoms with Gasteiger partial charge in [-0.3, -0.25) is 0 Å². The van der Waals surface area contributed by atoms with Crippen LogP contribution in [0.5, 0.6) is 11.5 Å². The average Bonchev–Trinajstić information content (AvgIpc) is 2.42. The van der Waals surface area contributed by atoms with E-state index in [0.29, 0.717) is 13.1 Å². The molecule has 2 N–H and O–H groups in total. The summed E-state index contributed by atoms with van der Waals surface area (Å²) in [5.41, 5.74) is 1.76. The highest BCUT2D eigenvalue weighted by atomic mass is 19.3. The quantitative estimate of drug-likeness (QED) is 0.852. The second-order valence-corrected chi connectivity index (χ2v) is 4.25. The Morgan fingerprint density at radius 3 is 2.35 bits per heavy atom. The molecular weight excluding hydrogens is 264 g/mol. The number of halogens is 2. The molecule has 0 saturated heterocycles. The molecule has 5 heteroatoms. The Labute approximate surface area is 115 Å². The fraction of sp³-hybridized carbons (Fsp3) is 0.200. The molecule has 0 aliphatic carbocycles. The van der Waals surface area contributed by atoms with Gasteiger partial charge < -0.3 is 15.2 Å². The molecule has 0 aliphatic rings. The van der Waals surface area contributed by atoms with Crippen molar-refractivity contribution >= 4 is 0 Å². The first-order valence-corrected chi connectivity index (χ1v) is 6.16. The van der Waals surface area contributed by atoms with Crippen molar-refractivity contribution in [2.75, 3.05) is 0 Å². The summed E-state index contributed by atoms with van der Waals surface area (Å²) in [6, 6.07) is 13.5. The number of ether oxygens (including phenoxy) is 1. The SMILES string of the molecule is Oc1ccccc1CNCc1ccc(OC(F)F)cc1. The topological polar surface area (TPSA) is 41.5 Å². The standard InChI is InChI=1S/C15H15F2NO2/c16-15(17)20-13-7-5-11(6-8-13)9-18-10-12-3-1-2-4-14(12)19/h1-8,15,18-19H,9-10H2. The molecule has 0 bridgehead atoms. The summed E-state index contributed by atoms with van der Waals surface area (Å²) < 4.78 is 28.3. The van der Waals surface area contributed by atoms with Gasteiger partial charge in [0.05, 0.1) is 0 Å². The number of hydrogen-bond acceptors (Lipinski definition) is 3. The molecule has 106 valence electrons. The van der Waals surface area contributed by atoms with Crippen molar-refractivity contribution in [3.8, 4) is 11.5 Å². The predicted octanol–water partition coefficient (Wildman–Crippen LogP) is 3.28. The molecule has 0 spiro atoms. The number of phenolic OH excluding ortho intramolecular Hbond substituents is 1. The molecule has 0 radical (unpaired) electrons. The lowest BCUT2D eigenvalue weighted by Crippen LogP contribution is -2.12. The molecular formula is C15H15F2NO2. The molecule has 0 atom stereocenters. The van der Waals surface area contributed by atoms with Crippen LogP contribution in [0.15, 0.2) is 48.5 Å². The highest BCUT2D eigenvalue weighted by molar-refractivity contribution is 5.32. The summed E-state index contributed by atoms with van der Waals surface area (Å²) in [6.07, 6.45) is 0. The summed E-state index contributed by atoms with van der Waals surface area (Å²) in [5.74, 6) is 0.394. The van der Waals surface area contributed by atoms with Crippen LogP contribution >= 0.6 is 0 Å². The zero-order valence-electron chi connectivity index (χ0n) is 10.7. The van der Waals surface area contributed by atoms with Crippen LogP contribution < -0.4 is 10.1 Å². The summed E-state index contributed by atoms with van der Waals surface area (Å²) in [4.78, 5) is 0. The lowest BCUT2D eigenvalue weighted by Gasteiger charge is -2.08. The highest BCUT2D eigenvalue weighted by Crippen LogP contribution is 2.16. The molecule has 0 aromatic heterocycles. The van der Waals surface area contributed by atoms with Crippen molar-refractivity contribution in [2.45, 2.75) is 19.7 Å². The number of para-hydroxylation sites is 1. The fourth-order valence-electron chi connectivity index (χ4n) is 1.79. The molecule has 0 heterocycles. The van der Waals surface area contributed by atoms with Gasteiger partial charge in [-0.1, -0.05) is 30.3 Å². The molecule has 0 aliphatic heterocycles. The lowest BCUT2D eigenvalue weighted by molar-refractivity contribution is -0.0498. The summed E-state index contributed by atoms with van der Waals surface area (Å²) in [7, 11) is 0. The molecule has 0 fully saturated rings. The first-order chi connectivity index (χ1) is 9.65. The predicted molar refractivity (Wildman–Crippen MR) is 71.7 cm³/mol. The van der Waals surface area contributed by atoms with Crippen molar-refractivity contribution in [1.29, 1.82) is 0 Å². The largest absolute Gasteiger partial charge is 0.508 e. The lowest BCUT2D eigenvalue weighted by atomic mass is 10.2. The van der Waals surface area contributed by atoms with Crippen LogP contribution in [0.2, 0.25) is 0 Å². The van der Waals surface area contributed by atoms with Crippen LogP contribution in [-0.2, 0) is 13.1 Å². The molecule has 0 saturated carbocycles. The van der Waals surface area contributed by atoms with E-state index < -0.39 is 6.61 Å². The van der Waals surface area contributed by atoms with Crippen LogP contribution in [0.3, 0.4) is 0 Å². The third kappa shape index (κ3) is 4.20. The van der Waals surface area contributed by atoms with E-state index in [2.05, 4.69) is 10.1 Å². The second-order valence-electron chi connectivity index (χ2n) is 4.25. The number of nitrogens with one attached hydrogen (secondary N) is 1. The number of benzene rings is 2. The van der Waals surface area contributed by atoms with E-state index in [4.69, 9.17) is 0 Å². The summed E-state index contributed by atoms with van der Waals surface area (Å²) in [6.45, 7) is -1.70. The highest BCUT2D eigenvalue weighted by Gasteiger charge is 2.04. The van der Waals surface area contributed by atoms with Gasteiger partial charge in [0.25, 0.3) is 0 Å². The monoisotopic (exact) mass is 279 g/mol. The molecule has 2 aromatic carbocycles. The van der Waals surface area contributed by atoms with Gasteiger partial charge in [-0.25, -0.2) is 0 Å². The number of aromatic hydroxyl groups is 1. The van der Waals surface area contributed by atoms with Crippen LogP contribution in [-0.4, -0.2) is 11.7 Å². The van der Waals surface area contributed by atoms with Crippen molar-refractivity contribution in [3.63, 3.8) is 0 Å². The maximum Gasteiger partial charge on any atom is 0.387 e. The van der Waals surface area contributed by atoms with E-state index in [0.717, 1.165) is 11.1 Å². The normalized spacial score (nSPS) is 10.8. The molecule has 2 rings (SSSR count). The van der Waals surface area contributed by atoms with Crippen LogP contribution in [0.4, 0.5) is 8.78 Å². The average molecular weight is 279 g/mol. The van der Waals surface area contributed by atoms with Crippen LogP contribution in [0, 0.1) is 0 Å². The fourth-order valence-corrected chi connectivity index (χ4v) is 1.79. The smallest absolute Gasteiger partial charge is 0.387 e. The van der Waals surface area contributed by atoms with Crippen molar-refractivity contribution in [2.24, 2.45) is 0 Å². The Kier molecular flexibility index (Phi) is 4.90. The van der Waals surface area contributed by atoms with Crippen molar-refractivity contribution in [3.05, 3.63) is 59.7 Å². The first-order valence-electron chi connectivity index (χ1n) is 6.16. The van der Waals surface area contributed by atoms with E-state index in [1.165, 1.54) is 12.1 Å². The number of phenols is 1. The molecule has 3 nitrogen and oxygen atoms in total. The minimum absolute atomic E-state index is 0.143. The third-order valence-electron chi connectivity index (χ3n) is 2.78. The minimum Gasteiger partial charge on any atom is -0.508 e. The van der Waals surface area contributed by atoms with Crippen LogP contribution in [0.1, 0.15) is 11.1 Å². The van der Waals surface area contributed by atoms with Gasteiger partial charge in [0.1, 0.15) is 11.5 Å². The van der Waals surface area contributed by atoms with Crippen molar-refractivity contribution in [1.82, 2.24) is 5.32 Å². The van der Waals surface area contributed by atoms with Gasteiger partial charge in [0.15, 0.2) is 0 Å². The van der Waals surface area contributed by atoms with Gasteiger partial charge >= 0.3 is 6.61 Å². The Balaban J connectivity index is 1.84. The maximum absolute atomic E-state index is 12.0. The van der Waals surface area contributed by atoms with E-state index >= 15 is 0 Å². The minimum atomic E-state index is -2.81. The molecule has 20 heavy (non-hydrogen) atoms. The van der Waals surface area contributed by atoms with E-state index in [1.54, 1.807) is 24.3 Å². The molecule has 0 amide bonds. The number of hydrogen-bond donors (Lipinski definition) is 2. The van der Waals surface area contributed by atoms with Gasteiger partial charge in [-0.2, -0.15) is 8.78 Å². The second kappa shape index (κ2) is 6.86. The maximum atomic E-state index is 12.0. The third-order valence-corrected chi connectivity index (χ3v) is 2.78. The Morgan fingerprint density at radius 2 is 1.70 bits per heavy atom. The van der Waals surface area contributed by atoms with Gasteiger partial charge in [-0.15, -0.1) is 0 Å². The van der Waals surface area contributed by atoms with E-state index in [9.17, 15) is 13.9 Å².